The first kappa shape index (κ1) is 9.85. The van der Waals surface area contributed by atoms with E-state index in [0.717, 1.165) is 11.3 Å². The normalized spacial score (nSPS) is 10.2. The van der Waals surface area contributed by atoms with Crippen LogP contribution < -0.4 is 4.74 Å². The van der Waals surface area contributed by atoms with Crippen LogP contribution in [0.3, 0.4) is 0 Å². The zero-order chi connectivity index (χ0) is 9.84. The van der Waals surface area contributed by atoms with Crippen LogP contribution in [0.25, 0.3) is 6.08 Å². The maximum absolute atomic E-state index is 5.14. The quantitative estimate of drug-likeness (QED) is 0.685. The summed E-state index contributed by atoms with van der Waals surface area (Å²) in [7, 11) is 1.68. The minimum Gasteiger partial charge on any atom is -0.497 e. The van der Waals surface area contributed by atoms with Crippen molar-refractivity contribution in [3.8, 4) is 5.75 Å². The van der Waals surface area contributed by atoms with Gasteiger partial charge in [0.25, 0.3) is 0 Å². The Kier molecular flexibility index (Phi) is 3.13. The van der Waals surface area contributed by atoms with Crippen molar-refractivity contribution in [3.05, 3.63) is 35.9 Å². The van der Waals surface area contributed by atoms with E-state index in [1.165, 1.54) is 5.56 Å². The van der Waals surface area contributed by atoms with Crippen LogP contribution in [0.4, 0.5) is 0 Å². The van der Waals surface area contributed by atoms with Gasteiger partial charge < -0.3 is 4.74 Å². The molecule has 1 rings (SSSR count). The van der Waals surface area contributed by atoms with E-state index >= 15 is 0 Å². The molecule has 70 valence electrons. The van der Waals surface area contributed by atoms with Gasteiger partial charge in [-0.25, -0.2) is 0 Å². The standard InChI is InChI=1S/C12H16O/c1-5-10-8-11(13-4)6-7-12(10)9(2)3/h5-9H,1H2,2-4H3. The van der Waals surface area contributed by atoms with Crippen molar-refractivity contribution < 1.29 is 4.74 Å². The molecule has 0 saturated carbocycles. The molecule has 0 aliphatic carbocycles. The Labute approximate surface area is 80.0 Å². The maximum Gasteiger partial charge on any atom is 0.119 e. The number of rotatable bonds is 3. The fourth-order valence-corrected chi connectivity index (χ4v) is 1.38. The van der Waals surface area contributed by atoms with Crippen molar-refractivity contribution >= 4 is 6.08 Å². The zero-order valence-corrected chi connectivity index (χ0v) is 8.50. The van der Waals surface area contributed by atoms with Crippen molar-refractivity contribution in [3.63, 3.8) is 0 Å². The van der Waals surface area contributed by atoms with E-state index in [1.54, 1.807) is 7.11 Å². The Balaban J connectivity index is 3.15. The second-order valence-corrected chi connectivity index (χ2v) is 3.35. The minimum atomic E-state index is 0.527. The molecule has 0 spiro atoms. The molecule has 1 aromatic carbocycles. The van der Waals surface area contributed by atoms with Crippen LogP contribution in [-0.4, -0.2) is 7.11 Å². The largest absolute Gasteiger partial charge is 0.497 e. The second kappa shape index (κ2) is 4.13. The first-order valence-corrected chi connectivity index (χ1v) is 4.49. The van der Waals surface area contributed by atoms with Crippen LogP contribution in [0.2, 0.25) is 0 Å². The summed E-state index contributed by atoms with van der Waals surface area (Å²) < 4.78 is 5.14. The van der Waals surface area contributed by atoms with Crippen LogP contribution in [0.5, 0.6) is 5.75 Å². The van der Waals surface area contributed by atoms with Gasteiger partial charge >= 0.3 is 0 Å². The van der Waals surface area contributed by atoms with Crippen molar-refractivity contribution in [1.82, 2.24) is 0 Å². The molecule has 0 aliphatic rings. The van der Waals surface area contributed by atoms with E-state index in [4.69, 9.17) is 4.74 Å². The lowest BCUT2D eigenvalue weighted by Crippen LogP contribution is -1.92. The lowest BCUT2D eigenvalue weighted by Gasteiger charge is -2.10. The van der Waals surface area contributed by atoms with E-state index < -0.39 is 0 Å². The number of methoxy groups -OCH3 is 1. The van der Waals surface area contributed by atoms with Crippen molar-refractivity contribution in [2.24, 2.45) is 0 Å². The molecule has 1 nitrogen and oxygen atoms in total. The zero-order valence-electron chi connectivity index (χ0n) is 8.50. The molecular formula is C12H16O. The Hall–Kier alpha value is -1.24. The van der Waals surface area contributed by atoms with Crippen molar-refractivity contribution in [2.75, 3.05) is 7.11 Å². The summed E-state index contributed by atoms with van der Waals surface area (Å²) >= 11 is 0. The first-order chi connectivity index (χ1) is 6.19. The summed E-state index contributed by atoms with van der Waals surface area (Å²) in [6.45, 7) is 8.14. The van der Waals surface area contributed by atoms with Crippen molar-refractivity contribution in [2.45, 2.75) is 19.8 Å². The molecule has 0 unspecified atom stereocenters. The Morgan fingerprint density at radius 3 is 2.54 bits per heavy atom. The highest BCUT2D eigenvalue weighted by Gasteiger charge is 2.04. The van der Waals surface area contributed by atoms with Gasteiger partial charge in [-0.05, 0) is 29.2 Å². The molecule has 0 atom stereocenters. The molecule has 0 amide bonds. The van der Waals surface area contributed by atoms with E-state index in [1.807, 2.05) is 18.2 Å². The van der Waals surface area contributed by atoms with E-state index in [-0.39, 0.29) is 0 Å². The van der Waals surface area contributed by atoms with Gasteiger partial charge in [0.15, 0.2) is 0 Å². The molecule has 0 N–H and O–H groups in total. The Morgan fingerprint density at radius 1 is 1.38 bits per heavy atom. The first-order valence-electron chi connectivity index (χ1n) is 4.49. The van der Waals surface area contributed by atoms with Crippen LogP contribution in [-0.2, 0) is 0 Å². The topological polar surface area (TPSA) is 9.23 Å². The van der Waals surface area contributed by atoms with Crippen LogP contribution in [0.15, 0.2) is 24.8 Å². The third-order valence-electron chi connectivity index (χ3n) is 2.14. The molecule has 0 bridgehead atoms. The molecule has 1 heteroatoms. The van der Waals surface area contributed by atoms with Gasteiger partial charge in [-0.2, -0.15) is 0 Å². The molecule has 1 aromatic rings. The fourth-order valence-electron chi connectivity index (χ4n) is 1.38. The van der Waals surface area contributed by atoms with Gasteiger partial charge in [0.1, 0.15) is 5.75 Å². The lowest BCUT2D eigenvalue weighted by molar-refractivity contribution is 0.414. The Bertz CT molecular complexity index is 300. The summed E-state index contributed by atoms with van der Waals surface area (Å²) in [5.41, 5.74) is 2.48. The third-order valence-corrected chi connectivity index (χ3v) is 2.14. The van der Waals surface area contributed by atoms with Gasteiger partial charge in [0, 0.05) is 0 Å². The third kappa shape index (κ3) is 2.11. The van der Waals surface area contributed by atoms with Gasteiger partial charge in [-0.3, -0.25) is 0 Å². The molecule has 0 heterocycles. The highest BCUT2D eigenvalue weighted by Crippen LogP contribution is 2.24. The smallest absolute Gasteiger partial charge is 0.119 e. The van der Waals surface area contributed by atoms with E-state index in [0.29, 0.717) is 5.92 Å². The molecular weight excluding hydrogens is 160 g/mol. The maximum atomic E-state index is 5.14. The molecule has 0 radical (unpaired) electrons. The molecule has 0 fully saturated rings. The monoisotopic (exact) mass is 176 g/mol. The molecule has 0 aliphatic heterocycles. The number of hydrogen-bond donors (Lipinski definition) is 0. The highest BCUT2D eigenvalue weighted by atomic mass is 16.5. The van der Waals surface area contributed by atoms with Gasteiger partial charge in [-0.1, -0.05) is 32.6 Å². The predicted molar refractivity (Wildman–Crippen MR) is 57.2 cm³/mol. The summed E-state index contributed by atoms with van der Waals surface area (Å²) in [5.74, 6) is 1.42. The Morgan fingerprint density at radius 2 is 2.08 bits per heavy atom. The summed E-state index contributed by atoms with van der Waals surface area (Å²) in [4.78, 5) is 0. The molecule has 0 saturated heterocycles. The molecule has 0 aromatic heterocycles. The fraction of sp³-hybridized carbons (Fsp3) is 0.333. The highest BCUT2D eigenvalue weighted by molar-refractivity contribution is 5.55. The predicted octanol–water partition coefficient (Wildman–Crippen LogP) is 3.46. The van der Waals surface area contributed by atoms with Gasteiger partial charge in [0.05, 0.1) is 7.11 Å². The molecule has 13 heavy (non-hydrogen) atoms. The van der Waals surface area contributed by atoms with E-state index in [9.17, 15) is 0 Å². The van der Waals surface area contributed by atoms with Crippen LogP contribution in [0.1, 0.15) is 30.9 Å². The summed E-state index contributed by atoms with van der Waals surface area (Å²) in [6.07, 6.45) is 1.87. The number of benzene rings is 1. The van der Waals surface area contributed by atoms with Gasteiger partial charge in [-0.15, -0.1) is 0 Å². The summed E-state index contributed by atoms with van der Waals surface area (Å²) in [6, 6.07) is 6.10. The second-order valence-electron chi connectivity index (χ2n) is 3.35. The SMILES string of the molecule is C=Cc1cc(OC)ccc1C(C)C. The average molecular weight is 176 g/mol. The minimum absolute atomic E-state index is 0.527. The number of hydrogen-bond acceptors (Lipinski definition) is 1. The van der Waals surface area contributed by atoms with Crippen LogP contribution in [0, 0.1) is 0 Å². The van der Waals surface area contributed by atoms with E-state index in [2.05, 4.69) is 26.5 Å². The van der Waals surface area contributed by atoms with Crippen LogP contribution >= 0.6 is 0 Å². The average Bonchev–Trinajstić information content (AvgIpc) is 2.16. The number of ether oxygens (including phenoxy) is 1. The van der Waals surface area contributed by atoms with Gasteiger partial charge in [0.2, 0.25) is 0 Å². The lowest BCUT2D eigenvalue weighted by atomic mass is 9.97. The van der Waals surface area contributed by atoms with Crippen molar-refractivity contribution in [1.29, 1.82) is 0 Å². The summed E-state index contributed by atoms with van der Waals surface area (Å²) in [5, 5.41) is 0.